The van der Waals surface area contributed by atoms with Crippen molar-refractivity contribution in [1.82, 2.24) is 0 Å². The molecule has 0 saturated heterocycles. The molecular formula is C8H9N3. The van der Waals surface area contributed by atoms with Crippen LogP contribution in [0.3, 0.4) is 0 Å². The van der Waals surface area contributed by atoms with E-state index in [0.29, 0.717) is 11.3 Å². The number of hydrazine groups is 1. The molecule has 0 radical (unpaired) electrons. The van der Waals surface area contributed by atoms with Gasteiger partial charge in [-0.25, -0.2) is 0 Å². The average molecular weight is 147 g/mol. The Kier molecular flexibility index (Phi) is 2.09. The molecular weight excluding hydrogens is 138 g/mol. The lowest BCUT2D eigenvalue weighted by Gasteiger charge is -2.02. The molecule has 1 aromatic carbocycles. The van der Waals surface area contributed by atoms with Gasteiger partial charge in [-0.15, -0.1) is 0 Å². The van der Waals surface area contributed by atoms with Crippen molar-refractivity contribution in [3.8, 4) is 6.07 Å². The monoisotopic (exact) mass is 147 g/mol. The van der Waals surface area contributed by atoms with Crippen LogP contribution >= 0.6 is 0 Å². The Balaban J connectivity index is 3.19. The van der Waals surface area contributed by atoms with Gasteiger partial charge in [0.15, 0.2) is 0 Å². The Hall–Kier alpha value is -1.53. The summed E-state index contributed by atoms with van der Waals surface area (Å²) in [6, 6.07) is 7.48. The van der Waals surface area contributed by atoms with Crippen molar-refractivity contribution in [3.05, 3.63) is 29.3 Å². The first-order valence-electron chi connectivity index (χ1n) is 3.25. The molecule has 0 heterocycles. The third kappa shape index (κ3) is 1.48. The number of hydrogen-bond donors (Lipinski definition) is 2. The Labute approximate surface area is 65.4 Å². The second kappa shape index (κ2) is 3.04. The molecule has 0 aromatic heterocycles. The molecule has 1 rings (SSSR count). The molecule has 0 aliphatic rings. The maximum absolute atomic E-state index is 8.59. The molecule has 0 bridgehead atoms. The first kappa shape index (κ1) is 7.58. The Morgan fingerprint density at radius 3 is 2.82 bits per heavy atom. The summed E-state index contributed by atoms with van der Waals surface area (Å²) < 4.78 is 0. The maximum Gasteiger partial charge on any atom is 0.101 e. The highest BCUT2D eigenvalue weighted by Gasteiger charge is 1.97. The summed E-state index contributed by atoms with van der Waals surface area (Å²) in [5.74, 6) is 5.19. The summed E-state index contributed by atoms with van der Waals surface area (Å²) in [7, 11) is 0. The molecule has 0 amide bonds. The van der Waals surface area contributed by atoms with E-state index in [1.807, 2.05) is 25.1 Å². The van der Waals surface area contributed by atoms with Crippen LogP contribution in [0.1, 0.15) is 11.1 Å². The van der Waals surface area contributed by atoms with Gasteiger partial charge < -0.3 is 5.43 Å². The summed E-state index contributed by atoms with van der Waals surface area (Å²) in [5.41, 5.74) is 4.79. The highest BCUT2D eigenvalue weighted by atomic mass is 15.2. The largest absolute Gasteiger partial charge is 0.323 e. The topological polar surface area (TPSA) is 61.8 Å². The number of benzene rings is 1. The van der Waals surface area contributed by atoms with Crippen LogP contribution < -0.4 is 11.3 Å². The first-order valence-corrected chi connectivity index (χ1v) is 3.25. The van der Waals surface area contributed by atoms with E-state index in [4.69, 9.17) is 11.1 Å². The molecule has 56 valence electrons. The van der Waals surface area contributed by atoms with Gasteiger partial charge in [0.2, 0.25) is 0 Å². The fourth-order valence-electron chi connectivity index (χ4n) is 0.875. The van der Waals surface area contributed by atoms with Crippen molar-refractivity contribution in [2.75, 3.05) is 5.43 Å². The molecule has 0 saturated carbocycles. The smallest absolute Gasteiger partial charge is 0.101 e. The lowest BCUT2D eigenvalue weighted by atomic mass is 10.1. The third-order valence-electron chi connectivity index (χ3n) is 1.45. The molecule has 3 heteroatoms. The number of aryl methyl sites for hydroxylation is 1. The van der Waals surface area contributed by atoms with Crippen molar-refractivity contribution in [2.24, 2.45) is 5.84 Å². The quantitative estimate of drug-likeness (QED) is 0.462. The van der Waals surface area contributed by atoms with Crippen molar-refractivity contribution in [2.45, 2.75) is 6.92 Å². The van der Waals surface area contributed by atoms with Crippen LogP contribution in [0.15, 0.2) is 18.2 Å². The molecule has 0 fully saturated rings. The zero-order chi connectivity index (χ0) is 8.27. The number of nitrogen functional groups attached to an aromatic ring is 1. The van der Waals surface area contributed by atoms with E-state index in [-0.39, 0.29) is 0 Å². The average Bonchev–Trinajstić information content (AvgIpc) is 2.04. The van der Waals surface area contributed by atoms with Crippen LogP contribution in [0.2, 0.25) is 0 Å². The minimum Gasteiger partial charge on any atom is -0.323 e. The minimum absolute atomic E-state index is 0.568. The highest BCUT2D eigenvalue weighted by molar-refractivity contribution is 5.57. The molecule has 1 aromatic rings. The zero-order valence-corrected chi connectivity index (χ0v) is 6.26. The van der Waals surface area contributed by atoms with E-state index in [1.165, 1.54) is 0 Å². The number of nitrogens with one attached hydrogen (secondary N) is 1. The summed E-state index contributed by atoms with van der Waals surface area (Å²) in [6.07, 6.45) is 0. The normalized spacial score (nSPS) is 8.82. The van der Waals surface area contributed by atoms with Gasteiger partial charge in [-0.05, 0) is 24.6 Å². The van der Waals surface area contributed by atoms with E-state index in [0.717, 1.165) is 5.56 Å². The fraction of sp³-hybridized carbons (Fsp3) is 0.125. The van der Waals surface area contributed by atoms with Crippen LogP contribution in [0.4, 0.5) is 5.69 Å². The summed E-state index contributed by atoms with van der Waals surface area (Å²) in [6.45, 7) is 1.95. The second-order valence-corrected chi connectivity index (χ2v) is 2.31. The van der Waals surface area contributed by atoms with Crippen molar-refractivity contribution in [1.29, 1.82) is 5.26 Å². The number of hydrogen-bond acceptors (Lipinski definition) is 3. The van der Waals surface area contributed by atoms with Crippen LogP contribution in [0.25, 0.3) is 0 Å². The minimum atomic E-state index is 0.568. The predicted molar refractivity (Wildman–Crippen MR) is 43.7 cm³/mol. The second-order valence-electron chi connectivity index (χ2n) is 2.31. The van der Waals surface area contributed by atoms with Crippen LogP contribution in [-0.4, -0.2) is 0 Å². The number of nitrogens with zero attached hydrogens (tertiary/aromatic N) is 1. The van der Waals surface area contributed by atoms with Crippen molar-refractivity contribution < 1.29 is 0 Å². The van der Waals surface area contributed by atoms with E-state index >= 15 is 0 Å². The fourth-order valence-corrected chi connectivity index (χ4v) is 0.875. The van der Waals surface area contributed by atoms with Gasteiger partial charge in [0.05, 0.1) is 11.3 Å². The predicted octanol–water partition coefficient (Wildman–Crippen LogP) is 1.15. The Morgan fingerprint density at radius 2 is 2.27 bits per heavy atom. The number of anilines is 1. The summed E-state index contributed by atoms with van der Waals surface area (Å²) >= 11 is 0. The van der Waals surface area contributed by atoms with E-state index in [1.54, 1.807) is 6.07 Å². The van der Waals surface area contributed by atoms with Crippen LogP contribution in [0, 0.1) is 18.3 Å². The standard InChI is InChI=1S/C8H9N3/c1-6-2-3-7(5-9)8(4-6)11-10/h2-4,11H,10H2,1H3. The lowest BCUT2D eigenvalue weighted by molar-refractivity contribution is 1.31. The lowest BCUT2D eigenvalue weighted by Crippen LogP contribution is -2.08. The van der Waals surface area contributed by atoms with E-state index in [2.05, 4.69) is 5.43 Å². The summed E-state index contributed by atoms with van der Waals surface area (Å²) in [4.78, 5) is 0. The molecule has 0 aliphatic carbocycles. The van der Waals surface area contributed by atoms with Gasteiger partial charge in [0, 0.05) is 0 Å². The van der Waals surface area contributed by atoms with Crippen molar-refractivity contribution >= 4 is 5.69 Å². The van der Waals surface area contributed by atoms with Gasteiger partial charge in [0.1, 0.15) is 6.07 Å². The highest BCUT2D eigenvalue weighted by Crippen LogP contribution is 2.14. The third-order valence-corrected chi connectivity index (χ3v) is 1.45. The molecule has 11 heavy (non-hydrogen) atoms. The maximum atomic E-state index is 8.59. The van der Waals surface area contributed by atoms with Gasteiger partial charge in [-0.3, -0.25) is 5.84 Å². The molecule has 3 nitrogen and oxygen atoms in total. The van der Waals surface area contributed by atoms with Gasteiger partial charge in [-0.1, -0.05) is 6.07 Å². The molecule has 0 aliphatic heterocycles. The van der Waals surface area contributed by atoms with Gasteiger partial charge in [-0.2, -0.15) is 5.26 Å². The van der Waals surface area contributed by atoms with E-state index in [9.17, 15) is 0 Å². The Bertz CT molecular complexity index is 299. The van der Waals surface area contributed by atoms with Crippen LogP contribution in [-0.2, 0) is 0 Å². The number of nitriles is 1. The zero-order valence-electron chi connectivity index (χ0n) is 6.26. The first-order chi connectivity index (χ1) is 5.27. The van der Waals surface area contributed by atoms with Gasteiger partial charge in [0.25, 0.3) is 0 Å². The number of nitrogens with two attached hydrogens (primary N) is 1. The Morgan fingerprint density at radius 1 is 1.55 bits per heavy atom. The molecule has 0 unspecified atom stereocenters. The number of rotatable bonds is 1. The van der Waals surface area contributed by atoms with Crippen LogP contribution in [0.5, 0.6) is 0 Å². The van der Waals surface area contributed by atoms with Crippen molar-refractivity contribution in [3.63, 3.8) is 0 Å². The summed E-state index contributed by atoms with van der Waals surface area (Å²) in [5, 5.41) is 8.59. The SMILES string of the molecule is Cc1ccc(C#N)c(NN)c1. The van der Waals surface area contributed by atoms with E-state index < -0.39 is 0 Å². The molecule has 3 N–H and O–H groups in total. The van der Waals surface area contributed by atoms with Gasteiger partial charge >= 0.3 is 0 Å². The molecule has 0 atom stereocenters. The molecule has 0 spiro atoms.